The van der Waals surface area contributed by atoms with Gasteiger partial charge in [0.1, 0.15) is 24.0 Å². The van der Waals surface area contributed by atoms with Gasteiger partial charge in [-0.15, -0.1) is 0 Å². The maximum atomic E-state index is 12.2. The van der Waals surface area contributed by atoms with Gasteiger partial charge in [0.2, 0.25) is 5.91 Å². The lowest BCUT2D eigenvalue weighted by molar-refractivity contribution is -0.137. The van der Waals surface area contributed by atoms with Crippen molar-refractivity contribution in [2.45, 2.75) is 19.1 Å². The molecule has 26 heavy (non-hydrogen) atoms. The van der Waals surface area contributed by atoms with Crippen LogP contribution in [0.5, 0.6) is 5.75 Å². The summed E-state index contributed by atoms with van der Waals surface area (Å²) in [5, 5.41) is 2.79. The number of carbonyl (C=O) groups is 2. The molecule has 1 aliphatic rings. The van der Waals surface area contributed by atoms with Crippen molar-refractivity contribution in [2.24, 2.45) is 0 Å². The van der Waals surface area contributed by atoms with E-state index in [1.54, 1.807) is 31.2 Å². The average molecular weight is 355 g/mol. The Bertz CT molecular complexity index is 752. The molecule has 1 unspecified atom stereocenters. The van der Waals surface area contributed by atoms with Crippen LogP contribution >= 0.6 is 0 Å². The van der Waals surface area contributed by atoms with Crippen LogP contribution in [-0.4, -0.2) is 37.7 Å². The highest BCUT2D eigenvalue weighted by Gasteiger charge is 2.31. The van der Waals surface area contributed by atoms with Crippen molar-refractivity contribution in [1.82, 2.24) is 5.32 Å². The van der Waals surface area contributed by atoms with E-state index in [0.29, 0.717) is 17.9 Å². The fraction of sp³-hybridized carbons (Fsp3) is 0.300. The van der Waals surface area contributed by atoms with E-state index in [1.165, 1.54) is 0 Å². The number of rotatable bonds is 6. The van der Waals surface area contributed by atoms with Gasteiger partial charge in [-0.25, -0.2) is 4.79 Å². The monoisotopic (exact) mass is 355 g/mol. The second kappa shape index (κ2) is 8.49. The second-order valence-electron chi connectivity index (χ2n) is 5.82. The van der Waals surface area contributed by atoms with E-state index in [-0.39, 0.29) is 25.2 Å². The Morgan fingerprint density at radius 1 is 1.19 bits per heavy atom. The largest absolute Gasteiger partial charge is 0.482 e. The molecule has 1 heterocycles. The summed E-state index contributed by atoms with van der Waals surface area (Å²) < 4.78 is 17.0. The molecule has 2 atom stereocenters. The summed E-state index contributed by atoms with van der Waals surface area (Å²) in [6.07, 6.45) is -0.849. The summed E-state index contributed by atoms with van der Waals surface area (Å²) in [6, 6.07) is 16.5. The Morgan fingerprint density at radius 2 is 1.92 bits per heavy atom. The SMILES string of the molecule is CCOC(=O)c1ccccc1OC(c1ccccc1)[C@@H]1CNC(=O)CO1. The molecule has 1 N–H and O–H groups in total. The van der Waals surface area contributed by atoms with E-state index in [0.717, 1.165) is 5.56 Å². The number of benzene rings is 2. The van der Waals surface area contributed by atoms with E-state index < -0.39 is 12.1 Å². The molecule has 0 radical (unpaired) electrons. The first-order valence-electron chi connectivity index (χ1n) is 8.55. The molecule has 1 aliphatic heterocycles. The van der Waals surface area contributed by atoms with Crippen LogP contribution in [0.1, 0.15) is 28.9 Å². The topological polar surface area (TPSA) is 73.9 Å². The number of hydrogen-bond donors (Lipinski definition) is 1. The lowest BCUT2D eigenvalue weighted by atomic mass is 10.0. The van der Waals surface area contributed by atoms with Gasteiger partial charge >= 0.3 is 5.97 Å². The maximum absolute atomic E-state index is 12.2. The third-order valence-electron chi connectivity index (χ3n) is 4.03. The maximum Gasteiger partial charge on any atom is 0.341 e. The molecule has 0 aliphatic carbocycles. The van der Waals surface area contributed by atoms with E-state index in [1.807, 2.05) is 30.3 Å². The lowest BCUT2D eigenvalue weighted by Crippen LogP contribution is -2.46. The van der Waals surface area contributed by atoms with Gasteiger partial charge in [0.25, 0.3) is 0 Å². The number of ether oxygens (including phenoxy) is 3. The van der Waals surface area contributed by atoms with Gasteiger partial charge in [0, 0.05) is 6.54 Å². The first kappa shape index (κ1) is 17.9. The summed E-state index contributed by atoms with van der Waals surface area (Å²) in [5.74, 6) is -0.173. The number of hydrogen-bond acceptors (Lipinski definition) is 5. The molecule has 2 aromatic rings. The molecular weight excluding hydrogens is 334 g/mol. The van der Waals surface area contributed by atoms with Crippen LogP contribution in [0, 0.1) is 0 Å². The highest BCUT2D eigenvalue weighted by Crippen LogP contribution is 2.30. The first-order chi connectivity index (χ1) is 12.7. The van der Waals surface area contributed by atoms with Crippen molar-refractivity contribution in [3.05, 3.63) is 65.7 Å². The molecule has 2 aromatic carbocycles. The second-order valence-corrected chi connectivity index (χ2v) is 5.82. The molecule has 1 fully saturated rings. The van der Waals surface area contributed by atoms with E-state index in [2.05, 4.69) is 5.32 Å². The zero-order chi connectivity index (χ0) is 18.4. The summed E-state index contributed by atoms with van der Waals surface area (Å²) in [5.41, 5.74) is 1.25. The van der Waals surface area contributed by atoms with Gasteiger partial charge in [-0.1, -0.05) is 42.5 Å². The summed E-state index contributed by atoms with van der Waals surface area (Å²) in [7, 11) is 0. The van der Waals surface area contributed by atoms with Crippen LogP contribution < -0.4 is 10.1 Å². The van der Waals surface area contributed by atoms with Crippen molar-refractivity contribution >= 4 is 11.9 Å². The third kappa shape index (κ3) is 4.21. The third-order valence-corrected chi connectivity index (χ3v) is 4.03. The van der Waals surface area contributed by atoms with Gasteiger partial charge < -0.3 is 19.5 Å². The number of para-hydroxylation sites is 1. The molecule has 1 amide bonds. The molecule has 0 bridgehead atoms. The van der Waals surface area contributed by atoms with Crippen molar-refractivity contribution in [3.63, 3.8) is 0 Å². The Hall–Kier alpha value is -2.86. The van der Waals surface area contributed by atoms with Crippen molar-refractivity contribution in [1.29, 1.82) is 0 Å². The molecule has 1 saturated heterocycles. The van der Waals surface area contributed by atoms with Gasteiger partial charge in [0.15, 0.2) is 6.10 Å². The van der Waals surface area contributed by atoms with Crippen LogP contribution in [-0.2, 0) is 14.3 Å². The number of morpholine rings is 1. The Balaban J connectivity index is 1.89. The van der Waals surface area contributed by atoms with Crippen molar-refractivity contribution in [2.75, 3.05) is 19.8 Å². The minimum atomic E-state index is -0.479. The zero-order valence-electron chi connectivity index (χ0n) is 14.5. The standard InChI is InChI=1S/C20H21NO5/c1-2-24-20(23)15-10-6-7-11-16(15)26-19(14-8-4-3-5-9-14)17-12-21-18(22)13-25-17/h3-11,17,19H,2,12-13H2,1H3,(H,21,22)/t17-,19?/m0/s1. The smallest absolute Gasteiger partial charge is 0.341 e. The average Bonchev–Trinajstić information content (AvgIpc) is 2.68. The van der Waals surface area contributed by atoms with Crippen LogP contribution in [0.4, 0.5) is 0 Å². The van der Waals surface area contributed by atoms with E-state index in [9.17, 15) is 9.59 Å². The van der Waals surface area contributed by atoms with Gasteiger partial charge in [-0.3, -0.25) is 4.79 Å². The molecule has 136 valence electrons. The molecule has 0 aromatic heterocycles. The summed E-state index contributed by atoms with van der Waals surface area (Å²) in [6.45, 7) is 2.36. The molecular formula is C20H21NO5. The first-order valence-corrected chi connectivity index (χ1v) is 8.55. The number of nitrogens with one attached hydrogen (secondary N) is 1. The Morgan fingerprint density at radius 3 is 2.62 bits per heavy atom. The highest BCUT2D eigenvalue weighted by atomic mass is 16.6. The molecule has 0 spiro atoms. The predicted octanol–water partition coefficient (Wildman–Crippen LogP) is 2.50. The molecule has 0 saturated carbocycles. The number of amides is 1. The summed E-state index contributed by atoms with van der Waals surface area (Å²) >= 11 is 0. The van der Waals surface area contributed by atoms with Crippen LogP contribution in [0.3, 0.4) is 0 Å². The van der Waals surface area contributed by atoms with Gasteiger partial charge in [0.05, 0.1) is 6.61 Å². The Labute approximate surface area is 152 Å². The number of carbonyl (C=O) groups excluding carboxylic acids is 2. The van der Waals surface area contributed by atoms with E-state index in [4.69, 9.17) is 14.2 Å². The molecule has 6 heteroatoms. The summed E-state index contributed by atoms with van der Waals surface area (Å²) in [4.78, 5) is 23.6. The predicted molar refractivity (Wildman–Crippen MR) is 95.0 cm³/mol. The minimum absolute atomic E-state index is 0.0170. The van der Waals surface area contributed by atoms with Crippen LogP contribution in [0.15, 0.2) is 54.6 Å². The van der Waals surface area contributed by atoms with Crippen LogP contribution in [0.25, 0.3) is 0 Å². The fourth-order valence-electron chi connectivity index (χ4n) is 2.79. The lowest BCUT2D eigenvalue weighted by Gasteiger charge is -2.31. The molecule has 6 nitrogen and oxygen atoms in total. The van der Waals surface area contributed by atoms with Crippen LogP contribution in [0.2, 0.25) is 0 Å². The zero-order valence-corrected chi connectivity index (χ0v) is 14.5. The molecule has 3 rings (SSSR count). The highest BCUT2D eigenvalue weighted by molar-refractivity contribution is 5.92. The number of esters is 1. The van der Waals surface area contributed by atoms with Gasteiger partial charge in [-0.2, -0.15) is 0 Å². The van der Waals surface area contributed by atoms with Crippen molar-refractivity contribution in [3.8, 4) is 5.75 Å². The van der Waals surface area contributed by atoms with Gasteiger partial charge in [-0.05, 0) is 24.6 Å². The normalized spacial score (nSPS) is 17.9. The van der Waals surface area contributed by atoms with E-state index >= 15 is 0 Å². The fourth-order valence-corrected chi connectivity index (χ4v) is 2.79. The van der Waals surface area contributed by atoms with Crippen molar-refractivity contribution < 1.29 is 23.8 Å². The quantitative estimate of drug-likeness (QED) is 0.806. The minimum Gasteiger partial charge on any atom is -0.482 e. The Kier molecular flexibility index (Phi) is 5.86.